The van der Waals surface area contributed by atoms with Crippen LogP contribution in [0.4, 0.5) is 0 Å². The quantitative estimate of drug-likeness (QED) is 0.811. The fourth-order valence-corrected chi connectivity index (χ4v) is 5.47. The zero-order valence-corrected chi connectivity index (χ0v) is 16.2. The molecule has 27 heavy (non-hydrogen) atoms. The van der Waals surface area contributed by atoms with Crippen LogP contribution in [-0.2, 0) is 21.2 Å². The predicted octanol–water partition coefficient (Wildman–Crippen LogP) is 2.13. The first kappa shape index (κ1) is 18.0. The van der Waals surface area contributed by atoms with Crippen molar-refractivity contribution in [2.75, 3.05) is 26.7 Å². The highest BCUT2D eigenvalue weighted by molar-refractivity contribution is 7.89. The Morgan fingerprint density at radius 1 is 1.15 bits per heavy atom. The third-order valence-electron chi connectivity index (χ3n) is 5.42. The summed E-state index contributed by atoms with van der Waals surface area (Å²) in [5.41, 5.74) is 2.97. The molecule has 7 heteroatoms. The summed E-state index contributed by atoms with van der Waals surface area (Å²) in [5, 5.41) is 0. The molecule has 0 saturated carbocycles. The van der Waals surface area contributed by atoms with Crippen LogP contribution >= 0.6 is 0 Å². The third-order valence-corrected chi connectivity index (χ3v) is 7.23. The topological polar surface area (TPSA) is 66.9 Å². The number of carbonyl (C=O) groups excluding carboxylic acids is 1. The first-order valence-corrected chi connectivity index (χ1v) is 10.4. The Bertz CT molecular complexity index is 1000. The Morgan fingerprint density at radius 3 is 2.67 bits per heavy atom. The van der Waals surface area contributed by atoms with Crippen molar-refractivity contribution in [2.24, 2.45) is 0 Å². The van der Waals surface area contributed by atoms with Crippen molar-refractivity contribution in [1.29, 1.82) is 0 Å². The summed E-state index contributed by atoms with van der Waals surface area (Å²) >= 11 is 0. The molecule has 1 fully saturated rings. The van der Waals surface area contributed by atoms with Gasteiger partial charge in [-0.25, -0.2) is 8.42 Å². The standard InChI is InChI=1S/C20H22N2O4S/c1-14-11-16(7-8-19(14)26-2)27(24,25)21-12-18-17-6-4-3-5-15(17)9-10-22(18)20(23)13-21/h3-8,11,18H,9-10,12-13H2,1-2H3/t18-/m1/s1. The van der Waals surface area contributed by atoms with Gasteiger partial charge in [0.2, 0.25) is 15.9 Å². The van der Waals surface area contributed by atoms with E-state index in [4.69, 9.17) is 4.74 Å². The Labute approximate surface area is 159 Å². The monoisotopic (exact) mass is 386 g/mol. The number of carbonyl (C=O) groups is 1. The predicted molar refractivity (Wildman–Crippen MR) is 101 cm³/mol. The van der Waals surface area contributed by atoms with Gasteiger partial charge < -0.3 is 9.64 Å². The van der Waals surface area contributed by atoms with Gasteiger partial charge in [-0.05, 0) is 48.2 Å². The average Bonchev–Trinajstić information content (AvgIpc) is 2.67. The van der Waals surface area contributed by atoms with E-state index in [0.717, 1.165) is 17.5 Å². The lowest BCUT2D eigenvalue weighted by Gasteiger charge is -2.44. The number of hydrogen-bond acceptors (Lipinski definition) is 4. The van der Waals surface area contributed by atoms with Gasteiger partial charge in [0.1, 0.15) is 5.75 Å². The molecule has 142 valence electrons. The van der Waals surface area contributed by atoms with Crippen LogP contribution in [0.3, 0.4) is 0 Å². The van der Waals surface area contributed by atoms with Gasteiger partial charge in [0.25, 0.3) is 0 Å². The highest BCUT2D eigenvalue weighted by Crippen LogP contribution is 2.35. The van der Waals surface area contributed by atoms with Gasteiger partial charge in [0.05, 0.1) is 24.6 Å². The summed E-state index contributed by atoms with van der Waals surface area (Å²) in [7, 11) is -2.21. The van der Waals surface area contributed by atoms with Gasteiger partial charge in [-0.1, -0.05) is 24.3 Å². The number of piperazine rings is 1. The minimum absolute atomic E-state index is 0.119. The van der Waals surface area contributed by atoms with Crippen molar-refractivity contribution in [3.05, 3.63) is 59.2 Å². The molecule has 0 spiro atoms. The molecule has 2 aromatic carbocycles. The lowest BCUT2D eigenvalue weighted by Crippen LogP contribution is -2.55. The minimum Gasteiger partial charge on any atom is -0.496 e. The van der Waals surface area contributed by atoms with E-state index in [0.29, 0.717) is 12.3 Å². The van der Waals surface area contributed by atoms with Crippen molar-refractivity contribution in [2.45, 2.75) is 24.3 Å². The molecule has 0 radical (unpaired) electrons. The summed E-state index contributed by atoms with van der Waals surface area (Å²) in [6.45, 7) is 2.59. The molecule has 4 rings (SSSR count). The van der Waals surface area contributed by atoms with Crippen LogP contribution in [0.1, 0.15) is 22.7 Å². The molecule has 2 aromatic rings. The number of sulfonamides is 1. The van der Waals surface area contributed by atoms with Gasteiger partial charge in [-0.2, -0.15) is 4.31 Å². The molecule has 0 aromatic heterocycles. The Hall–Kier alpha value is -2.38. The lowest BCUT2D eigenvalue weighted by atomic mass is 9.91. The molecule has 1 saturated heterocycles. The molecule has 2 heterocycles. The number of fused-ring (bicyclic) bond motifs is 3. The molecule has 1 atom stereocenters. The summed E-state index contributed by atoms with van der Waals surface area (Å²) in [6.07, 6.45) is 0.808. The molecule has 0 bridgehead atoms. The molecular formula is C20H22N2O4S. The van der Waals surface area contributed by atoms with Gasteiger partial charge >= 0.3 is 0 Å². The van der Waals surface area contributed by atoms with Gasteiger partial charge in [-0.3, -0.25) is 4.79 Å². The van der Waals surface area contributed by atoms with E-state index >= 15 is 0 Å². The molecular weight excluding hydrogens is 364 g/mol. The number of amides is 1. The zero-order valence-electron chi connectivity index (χ0n) is 15.4. The number of nitrogens with zero attached hydrogens (tertiary/aromatic N) is 2. The SMILES string of the molecule is COc1ccc(S(=O)(=O)N2CC(=O)N3CCc4ccccc4[C@H]3C2)cc1C. The normalized spacial score (nSPS) is 20.1. The summed E-state index contributed by atoms with van der Waals surface area (Å²) in [6, 6.07) is 12.5. The first-order chi connectivity index (χ1) is 12.9. The van der Waals surface area contributed by atoms with Crippen LogP contribution < -0.4 is 4.74 Å². The van der Waals surface area contributed by atoms with Crippen molar-refractivity contribution in [3.63, 3.8) is 0 Å². The molecule has 0 aliphatic carbocycles. The second-order valence-electron chi connectivity index (χ2n) is 6.98. The maximum atomic E-state index is 13.2. The fraction of sp³-hybridized carbons (Fsp3) is 0.350. The average molecular weight is 386 g/mol. The number of hydrogen-bond donors (Lipinski definition) is 0. The van der Waals surface area contributed by atoms with Crippen LogP contribution in [0.15, 0.2) is 47.4 Å². The van der Waals surface area contributed by atoms with E-state index in [-0.39, 0.29) is 29.9 Å². The molecule has 0 unspecified atom stereocenters. The largest absolute Gasteiger partial charge is 0.496 e. The maximum Gasteiger partial charge on any atom is 0.243 e. The minimum atomic E-state index is -3.77. The van der Waals surface area contributed by atoms with E-state index < -0.39 is 10.0 Å². The van der Waals surface area contributed by atoms with Crippen LogP contribution in [0.2, 0.25) is 0 Å². The molecule has 1 amide bonds. The molecule has 6 nitrogen and oxygen atoms in total. The maximum absolute atomic E-state index is 13.2. The number of methoxy groups -OCH3 is 1. The van der Waals surface area contributed by atoms with E-state index in [9.17, 15) is 13.2 Å². The number of benzene rings is 2. The van der Waals surface area contributed by atoms with Crippen molar-refractivity contribution >= 4 is 15.9 Å². The smallest absolute Gasteiger partial charge is 0.243 e. The van der Waals surface area contributed by atoms with E-state index in [2.05, 4.69) is 6.07 Å². The van der Waals surface area contributed by atoms with Gasteiger partial charge in [0.15, 0.2) is 0 Å². The zero-order chi connectivity index (χ0) is 19.2. The highest BCUT2D eigenvalue weighted by atomic mass is 32.2. The molecule has 0 N–H and O–H groups in total. The van der Waals surface area contributed by atoms with Gasteiger partial charge in [-0.15, -0.1) is 0 Å². The molecule has 2 aliphatic heterocycles. The fourth-order valence-electron chi connectivity index (χ4n) is 3.99. The Morgan fingerprint density at radius 2 is 1.93 bits per heavy atom. The van der Waals surface area contributed by atoms with Crippen LogP contribution in [0, 0.1) is 6.92 Å². The van der Waals surface area contributed by atoms with Crippen LogP contribution in [0.5, 0.6) is 5.75 Å². The van der Waals surface area contributed by atoms with E-state index in [1.165, 1.54) is 15.9 Å². The number of rotatable bonds is 3. The summed E-state index contributed by atoms with van der Waals surface area (Å²) < 4.78 is 32.9. The summed E-state index contributed by atoms with van der Waals surface area (Å²) in [4.78, 5) is 14.7. The Balaban J connectivity index is 1.69. The first-order valence-electron chi connectivity index (χ1n) is 8.94. The number of ether oxygens (including phenoxy) is 1. The van der Waals surface area contributed by atoms with E-state index in [1.54, 1.807) is 26.2 Å². The van der Waals surface area contributed by atoms with Crippen LogP contribution in [-0.4, -0.2) is 50.3 Å². The van der Waals surface area contributed by atoms with E-state index in [1.807, 2.05) is 23.1 Å². The number of aryl methyl sites for hydroxylation is 1. The molecule has 2 aliphatic rings. The second-order valence-corrected chi connectivity index (χ2v) is 8.92. The van der Waals surface area contributed by atoms with Crippen LogP contribution in [0.25, 0.3) is 0 Å². The third kappa shape index (κ3) is 3.00. The van der Waals surface area contributed by atoms with Gasteiger partial charge in [0, 0.05) is 13.1 Å². The highest BCUT2D eigenvalue weighted by Gasteiger charge is 2.41. The van der Waals surface area contributed by atoms with Crippen molar-refractivity contribution < 1.29 is 17.9 Å². The van der Waals surface area contributed by atoms with Crippen molar-refractivity contribution in [3.8, 4) is 5.75 Å². The Kier molecular flexibility index (Phi) is 4.44. The lowest BCUT2D eigenvalue weighted by molar-refractivity contribution is -0.138. The van der Waals surface area contributed by atoms with Crippen molar-refractivity contribution in [1.82, 2.24) is 9.21 Å². The summed E-state index contributed by atoms with van der Waals surface area (Å²) in [5.74, 6) is 0.491. The second kappa shape index (κ2) is 6.65.